The summed E-state index contributed by atoms with van der Waals surface area (Å²) in [6, 6.07) is 0. The Morgan fingerprint density at radius 2 is 2.00 bits per heavy atom. The first kappa shape index (κ1) is 14.9. The molecule has 0 spiro atoms. The zero-order valence-corrected chi connectivity index (χ0v) is 10.7. The van der Waals surface area contributed by atoms with Gasteiger partial charge in [-0.25, -0.2) is 0 Å². The summed E-state index contributed by atoms with van der Waals surface area (Å²) in [6.07, 6.45) is 2.49. The van der Waals surface area contributed by atoms with Gasteiger partial charge < -0.3 is 15.4 Å². The van der Waals surface area contributed by atoms with Crippen molar-refractivity contribution in [1.82, 2.24) is 4.90 Å². The summed E-state index contributed by atoms with van der Waals surface area (Å²) in [4.78, 5) is 2.44. The van der Waals surface area contributed by atoms with Crippen LogP contribution in [0, 0.1) is 5.92 Å². The largest absolute Gasteiger partial charge is 0.380 e. The van der Waals surface area contributed by atoms with Gasteiger partial charge in [0.2, 0.25) is 0 Å². The van der Waals surface area contributed by atoms with Crippen molar-refractivity contribution in [2.45, 2.75) is 33.6 Å². The van der Waals surface area contributed by atoms with Gasteiger partial charge in [0.25, 0.3) is 0 Å². The molecule has 92 valence electrons. The highest BCUT2D eigenvalue weighted by molar-refractivity contribution is 4.58. The van der Waals surface area contributed by atoms with Crippen LogP contribution >= 0.6 is 0 Å². The fourth-order valence-corrected chi connectivity index (χ4v) is 1.55. The third-order valence-corrected chi connectivity index (χ3v) is 2.78. The van der Waals surface area contributed by atoms with E-state index in [-0.39, 0.29) is 0 Å². The van der Waals surface area contributed by atoms with Gasteiger partial charge in [-0.1, -0.05) is 13.8 Å². The topological polar surface area (TPSA) is 38.5 Å². The van der Waals surface area contributed by atoms with Crippen molar-refractivity contribution < 1.29 is 4.74 Å². The van der Waals surface area contributed by atoms with Crippen LogP contribution in [0.3, 0.4) is 0 Å². The Hall–Kier alpha value is -0.120. The standard InChI is InChI=1S/C12H28N2O/c1-4-14(9-10-15-5-2)8-6-7-12(3)11-13/h12H,4-11,13H2,1-3H3. The zero-order valence-electron chi connectivity index (χ0n) is 10.7. The molecule has 3 nitrogen and oxygen atoms in total. The Balaban J connectivity index is 3.43. The second kappa shape index (κ2) is 10.4. The molecule has 0 saturated carbocycles. The molecule has 0 aromatic rings. The Morgan fingerprint density at radius 3 is 2.53 bits per heavy atom. The minimum absolute atomic E-state index is 0.663. The van der Waals surface area contributed by atoms with Crippen LogP contribution in [0.1, 0.15) is 33.6 Å². The Labute approximate surface area is 95.0 Å². The van der Waals surface area contributed by atoms with E-state index >= 15 is 0 Å². The lowest BCUT2D eigenvalue weighted by molar-refractivity contribution is 0.114. The number of hydrogen-bond donors (Lipinski definition) is 1. The van der Waals surface area contributed by atoms with Gasteiger partial charge in [0.15, 0.2) is 0 Å². The number of nitrogens with two attached hydrogens (primary N) is 1. The van der Waals surface area contributed by atoms with E-state index in [1.165, 1.54) is 19.4 Å². The Morgan fingerprint density at radius 1 is 1.27 bits per heavy atom. The van der Waals surface area contributed by atoms with Gasteiger partial charge in [-0.3, -0.25) is 0 Å². The van der Waals surface area contributed by atoms with E-state index in [9.17, 15) is 0 Å². The quantitative estimate of drug-likeness (QED) is 0.565. The highest BCUT2D eigenvalue weighted by atomic mass is 16.5. The van der Waals surface area contributed by atoms with Crippen LogP contribution in [-0.4, -0.2) is 44.3 Å². The van der Waals surface area contributed by atoms with Crippen molar-refractivity contribution in [1.29, 1.82) is 0 Å². The third kappa shape index (κ3) is 8.85. The predicted molar refractivity (Wildman–Crippen MR) is 66.1 cm³/mol. The van der Waals surface area contributed by atoms with E-state index in [4.69, 9.17) is 10.5 Å². The lowest BCUT2D eigenvalue weighted by atomic mass is 10.1. The van der Waals surface area contributed by atoms with Crippen molar-refractivity contribution in [2.24, 2.45) is 11.7 Å². The van der Waals surface area contributed by atoms with E-state index in [1.54, 1.807) is 0 Å². The van der Waals surface area contributed by atoms with Gasteiger partial charge in [-0.15, -0.1) is 0 Å². The molecule has 0 rings (SSSR count). The summed E-state index contributed by atoms with van der Waals surface area (Å²) in [7, 11) is 0. The van der Waals surface area contributed by atoms with E-state index in [0.717, 1.165) is 32.8 Å². The van der Waals surface area contributed by atoms with E-state index < -0.39 is 0 Å². The van der Waals surface area contributed by atoms with Crippen molar-refractivity contribution in [2.75, 3.05) is 39.4 Å². The molecule has 0 heterocycles. The molecule has 0 radical (unpaired) electrons. The Kier molecular flexibility index (Phi) is 10.3. The molecule has 0 amide bonds. The molecule has 0 aliphatic rings. The molecule has 0 bridgehead atoms. The zero-order chi connectivity index (χ0) is 11.5. The van der Waals surface area contributed by atoms with Crippen LogP contribution in [0.5, 0.6) is 0 Å². The minimum atomic E-state index is 0.663. The third-order valence-electron chi connectivity index (χ3n) is 2.78. The van der Waals surface area contributed by atoms with E-state index in [0.29, 0.717) is 5.92 Å². The lowest BCUT2D eigenvalue weighted by Crippen LogP contribution is -2.29. The van der Waals surface area contributed by atoms with Gasteiger partial charge in [0.1, 0.15) is 0 Å². The summed E-state index contributed by atoms with van der Waals surface area (Å²) in [5.74, 6) is 0.663. The number of nitrogens with zero attached hydrogens (tertiary/aromatic N) is 1. The maximum absolute atomic E-state index is 5.59. The fourth-order valence-electron chi connectivity index (χ4n) is 1.55. The van der Waals surface area contributed by atoms with Crippen LogP contribution < -0.4 is 5.73 Å². The number of rotatable bonds is 10. The highest BCUT2D eigenvalue weighted by Gasteiger charge is 2.03. The number of hydrogen-bond acceptors (Lipinski definition) is 3. The maximum atomic E-state index is 5.59. The predicted octanol–water partition coefficient (Wildman–Crippen LogP) is 1.72. The minimum Gasteiger partial charge on any atom is -0.380 e. The SMILES string of the molecule is CCOCCN(CC)CCCC(C)CN. The second-order valence-electron chi connectivity index (χ2n) is 4.11. The molecule has 0 aliphatic carbocycles. The monoisotopic (exact) mass is 216 g/mol. The normalized spacial score (nSPS) is 13.4. The molecule has 15 heavy (non-hydrogen) atoms. The van der Waals surface area contributed by atoms with Crippen LogP contribution in [0.2, 0.25) is 0 Å². The van der Waals surface area contributed by atoms with Gasteiger partial charge in [-0.2, -0.15) is 0 Å². The van der Waals surface area contributed by atoms with Crippen LogP contribution in [0.25, 0.3) is 0 Å². The molecule has 1 atom stereocenters. The average Bonchev–Trinajstić information content (AvgIpc) is 2.26. The molecule has 0 aromatic heterocycles. The van der Waals surface area contributed by atoms with Gasteiger partial charge in [-0.05, 0) is 45.3 Å². The molecular weight excluding hydrogens is 188 g/mol. The van der Waals surface area contributed by atoms with E-state index in [1.807, 2.05) is 6.92 Å². The number of likely N-dealkylation sites (N-methyl/N-ethyl adjacent to an activating group) is 1. The van der Waals surface area contributed by atoms with Gasteiger partial charge >= 0.3 is 0 Å². The lowest BCUT2D eigenvalue weighted by Gasteiger charge is -2.20. The molecule has 3 heteroatoms. The van der Waals surface area contributed by atoms with E-state index in [2.05, 4.69) is 18.7 Å². The van der Waals surface area contributed by atoms with Gasteiger partial charge in [0.05, 0.1) is 6.61 Å². The van der Waals surface area contributed by atoms with Crippen LogP contribution in [-0.2, 0) is 4.74 Å². The summed E-state index contributed by atoms with van der Waals surface area (Å²) >= 11 is 0. The fraction of sp³-hybridized carbons (Fsp3) is 1.00. The molecule has 1 unspecified atom stereocenters. The summed E-state index contributed by atoms with van der Waals surface area (Å²) in [5.41, 5.74) is 5.59. The van der Waals surface area contributed by atoms with Gasteiger partial charge in [0, 0.05) is 13.2 Å². The summed E-state index contributed by atoms with van der Waals surface area (Å²) in [5, 5.41) is 0. The summed E-state index contributed by atoms with van der Waals surface area (Å²) < 4.78 is 5.35. The molecule has 0 fully saturated rings. The molecule has 2 N–H and O–H groups in total. The first-order valence-electron chi connectivity index (χ1n) is 6.24. The maximum Gasteiger partial charge on any atom is 0.0593 e. The summed E-state index contributed by atoms with van der Waals surface area (Å²) in [6.45, 7) is 12.3. The van der Waals surface area contributed by atoms with Crippen LogP contribution in [0.15, 0.2) is 0 Å². The second-order valence-corrected chi connectivity index (χ2v) is 4.11. The average molecular weight is 216 g/mol. The highest BCUT2D eigenvalue weighted by Crippen LogP contribution is 2.04. The van der Waals surface area contributed by atoms with Crippen molar-refractivity contribution >= 4 is 0 Å². The first-order valence-corrected chi connectivity index (χ1v) is 6.24. The molecule has 0 saturated heterocycles. The number of ether oxygens (including phenoxy) is 1. The first-order chi connectivity index (χ1) is 7.24. The molecular formula is C12H28N2O. The smallest absolute Gasteiger partial charge is 0.0593 e. The van der Waals surface area contributed by atoms with Crippen molar-refractivity contribution in [3.8, 4) is 0 Å². The van der Waals surface area contributed by atoms with Crippen molar-refractivity contribution in [3.63, 3.8) is 0 Å². The molecule has 0 aliphatic heterocycles. The molecule has 0 aromatic carbocycles. The van der Waals surface area contributed by atoms with Crippen molar-refractivity contribution in [3.05, 3.63) is 0 Å². The Bertz CT molecular complexity index is 131. The van der Waals surface area contributed by atoms with Crippen LogP contribution in [0.4, 0.5) is 0 Å².